The van der Waals surface area contributed by atoms with Crippen LogP contribution >= 0.6 is 11.8 Å². The van der Waals surface area contributed by atoms with Gasteiger partial charge in [0.05, 0.1) is 0 Å². The van der Waals surface area contributed by atoms with Crippen molar-refractivity contribution >= 4 is 17.6 Å². The Morgan fingerprint density at radius 3 is 2.42 bits per heavy atom. The Morgan fingerprint density at radius 1 is 1.16 bits per heavy atom. The maximum Gasteiger partial charge on any atom is 0.161 e. The standard InChI is InChI=1S/C14H18N4S/c1-4-19-12-7-5-11(6-8-12)14-16-10(3)9(2)13(17-14)18-15/h5-8H,4,15H2,1-3H3,(H,16,17,18). The molecule has 2 rings (SSSR count). The highest BCUT2D eigenvalue weighted by atomic mass is 32.2. The molecule has 0 spiro atoms. The molecule has 0 bridgehead atoms. The van der Waals surface area contributed by atoms with Crippen molar-refractivity contribution in [2.24, 2.45) is 5.84 Å². The molecule has 19 heavy (non-hydrogen) atoms. The predicted octanol–water partition coefficient (Wildman–Crippen LogP) is 3.16. The monoisotopic (exact) mass is 274 g/mol. The molecule has 5 heteroatoms. The summed E-state index contributed by atoms with van der Waals surface area (Å²) in [5.41, 5.74) is 5.53. The number of benzene rings is 1. The number of nitrogens with one attached hydrogen (secondary N) is 1. The Hall–Kier alpha value is -1.59. The zero-order chi connectivity index (χ0) is 13.8. The van der Waals surface area contributed by atoms with Crippen molar-refractivity contribution in [3.63, 3.8) is 0 Å². The van der Waals surface area contributed by atoms with E-state index in [9.17, 15) is 0 Å². The molecule has 1 aromatic heterocycles. The van der Waals surface area contributed by atoms with E-state index in [1.807, 2.05) is 37.7 Å². The summed E-state index contributed by atoms with van der Waals surface area (Å²) in [5, 5.41) is 0. The molecule has 0 radical (unpaired) electrons. The molecule has 0 aliphatic heterocycles. The lowest BCUT2D eigenvalue weighted by Crippen LogP contribution is -2.12. The number of nitrogen functional groups attached to an aromatic ring is 1. The van der Waals surface area contributed by atoms with Gasteiger partial charge in [0.2, 0.25) is 0 Å². The van der Waals surface area contributed by atoms with Gasteiger partial charge in [0, 0.05) is 21.7 Å². The van der Waals surface area contributed by atoms with Crippen molar-refractivity contribution in [1.29, 1.82) is 0 Å². The number of hydrazine groups is 1. The van der Waals surface area contributed by atoms with Gasteiger partial charge in [-0.15, -0.1) is 11.8 Å². The third-order valence-electron chi connectivity index (χ3n) is 2.95. The maximum absolute atomic E-state index is 5.49. The van der Waals surface area contributed by atoms with Gasteiger partial charge in [-0.2, -0.15) is 0 Å². The third kappa shape index (κ3) is 3.05. The molecule has 0 fully saturated rings. The molecular weight excluding hydrogens is 256 g/mol. The van der Waals surface area contributed by atoms with Gasteiger partial charge < -0.3 is 5.43 Å². The average Bonchev–Trinajstić information content (AvgIpc) is 2.43. The highest BCUT2D eigenvalue weighted by molar-refractivity contribution is 7.99. The fourth-order valence-electron chi connectivity index (χ4n) is 1.77. The molecule has 0 amide bonds. The molecule has 0 aliphatic carbocycles. The van der Waals surface area contributed by atoms with Gasteiger partial charge in [0.15, 0.2) is 5.82 Å². The molecule has 0 saturated heterocycles. The number of aryl methyl sites for hydroxylation is 1. The van der Waals surface area contributed by atoms with Crippen LogP contribution in [-0.2, 0) is 0 Å². The van der Waals surface area contributed by atoms with Crippen LogP contribution < -0.4 is 11.3 Å². The number of thioether (sulfide) groups is 1. The van der Waals surface area contributed by atoms with Crippen molar-refractivity contribution < 1.29 is 0 Å². The summed E-state index contributed by atoms with van der Waals surface area (Å²) >= 11 is 1.82. The van der Waals surface area contributed by atoms with Crippen molar-refractivity contribution in [3.8, 4) is 11.4 Å². The SMILES string of the molecule is CCSc1ccc(-c2nc(C)c(C)c(NN)n2)cc1. The second-order valence-electron chi connectivity index (χ2n) is 4.21. The van der Waals surface area contributed by atoms with E-state index in [1.54, 1.807) is 0 Å². The normalized spacial score (nSPS) is 10.5. The van der Waals surface area contributed by atoms with Gasteiger partial charge in [0.1, 0.15) is 5.82 Å². The van der Waals surface area contributed by atoms with Gasteiger partial charge in [0.25, 0.3) is 0 Å². The zero-order valence-corrected chi connectivity index (χ0v) is 12.2. The number of nitrogens with zero attached hydrogens (tertiary/aromatic N) is 2. The topological polar surface area (TPSA) is 63.8 Å². The molecule has 0 atom stereocenters. The Labute approximate surface area is 117 Å². The molecule has 0 unspecified atom stereocenters. The van der Waals surface area contributed by atoms with Crippen LogP contribution in [0.5, 0.6) is 0 Å². The first-order valence-electron chi connectivity index (χ1n) is 6.20. The van der Waals surface area contributed by atoms with E-state index in [-0.39, 0.29) is 0 Å². The Bertz CT molecular complexity index is 566. The van der Waals surface area contributed by atoms with Crippen molar-refractivity contribution in [2.45, 2.75) is 25.7 Å². The van der Waals surface area contributed by atoms with E-state index in [2.05, 4.69) is 34.5 Å². The molecule has 0 aliphatic rings. The molecule has 3 N–H and O–H groups in total. The smallest absolute Gasteiger partial charge is 0.161 e. The lowest BCUT2D eigenvalue weighted by molar-refractivity contribution is 1.06. The van der Waals surface area contributed by atoms with Crippen molar-refractivity contribution in [3.05, 3.63) is 35.5 Å². The lowest BCUT2D eigenvalue weighted by atomic mass is 10.2. The summed E-state index contributed by atoms with van der Waals surface area (Å²) in [4.78, 5) is 10.2. The van der Waals surface area contributed by atoms with E-state index in [1.165, 1.54) is 4.90 Å². The van der Waals surface area contributed by atoms with Crippen LogP contribution in [0.2, 0.25) is 0 Å². The van der Waals surface area contributed by atoms with Crippen LogP contribution in [0.25, 0.3) is 11.4 Å². The fraction of sp³-hybridized carbons (Fsp3) is 0.286. The fourth-order valence-corrected chi connectivity index (χ4v) is 2.43. The van der Waals surface area contributed by atoms with E-state index < -0.39 is 0 Å². The van der Waals surface area contributed by atoms with Crippen LogP contribution in [-0.4, -0.2) is 15.7 Å². The number of anilines is 1. The molecule has 1 heterocycles. The van der Waals surface area contributed by atoms with E-state index >= 15 is 0 Å². The first-order valence-corrected chi connectivity index (χ1v) is 7.19. The van der Waals surface area contributed by atoms with Gasteiger partial charge in [-0.3, -0.25) is 0 Å². The van der Waals surface area contributed by atoms with Crippen LogP contribution in [0.4, 0.5) is 5.82 Å². The highest BCUT2D eigenvalue weighted by Crippen LogP contribution is 2.24. The summed E-state index contributed by atoms with van der Waals surface area (Å²) in [6.45, 7) is 6.06. The first kappa shape index (κ1) is 13.8. The van der Waals surface area contributed by atoms with E-state index in [0.717, 1.165) is 22.6 Å². The summed E-state index contributed by atoms with van der Waals surface area (Å²) in [6.07, 6.45) is 0. The van der Waals surface area contributed by atoms with Crippen molar-refractivity contribution in [1.82, 2.24) is 9.97 Å². The lowest BCUT2D eigenvalue weighted by Gasteiger charge is -2.09. The quantitative estimate of drug-likeness (QED) is 0.509. The number of hydrogen-bond donors (Lipinski definition) is 2. The van der Waals surface area contributed by atoms with Gasteiger partial charge in [-0.05, 0) is 31.7 Å². The van der Waals surface area contributed by atoms with E-state index in [0.29, 0.717) is 11.6 Å². The Morgan fingerprint density at radius 2 is 1.84 bits per heavy atom. The summed E-state index contributed by atoms with van der Waals surface area (Å²) in [7, 11) is 0. The van der Waals surface area contributed by atoms with Crippen LogP contribution in [0.15, 0.2) is 29.2 Å². The molecule has 1 aromatic carbocycles. The average molecular weight is 274 g/mol. The van der Waals surface area contributed by atoms with Gasteiger partial charge >= 0.3 is 0 Å². The van der Waals surface area contributed by atoms with E-state index in [4.69, 9.17) is 5.84 Å². The minimum Gasteiger partial charge on any atom is -0.308 e. The minimum absolute atomic E-state index is 0.675. The third-order valence-corrected chi connectivity index (χ3v) is 3.84. The zero-order valence-electron chi connectivity index (χ0n) is 11.4. The van der Waals surface area contributed by atoms with Crippen LogP contribution in [0.3, 0.4) is 0 Å². The summed E-state index contributed by atoms with van der Waals surface area (Å²) in [6, 6.07) is 8.28. The molecule has 2 aromatic rings. The molecule has 4 nitrogen and oxygen atoms in total. The van der Waals surface area contributed by atoms with Crippen LogP contribution in [0, 0.1) is 13.8 Å². The molecular formula is C14H18N4S. The second-order valence-corrected chi connectivity index (χ2v) is 5.55. The number of rotatable bonds is 4. The van der Waals surface area contributed by atoms with Gasteiger partial charge in [-0.25, -0.2) is 15.8 Å². The van der Waals surface area contributed by atoms with Crippen LogP contribution in [0.1, 0.15) is 18.2 Å². The molecule has 0 saturated carbocycles. The Balaban J connectivity index is 2.38. The first-order chi connectivity index (χ1) is 9.15. The highest BCUT2D eigenvalue weighted by Gasteiger charge is 2.08. The number of nitrogens with two attached hydrogens (primary N) is 1. The minimum atomic E-state index is 0.675. The number of hydrogen-bond acceptors (Lipinski definition) is 5. The predicted molar refractivity (Wildman–Crippen MR) is 81.2 cm³/mol. The molecule has 100 valence electrons. The second kappa shape index (κ2) is 6.04. The maximum atomic E-state index is 5.49. The van der Waals surface area contributed by atoms with Crippen molar-refractivity contribution in [2.75, 3.05) is 11.2 Å². The number of aromatic nitrogens is 2. The summed E-state index contributed by atoms with van der Waals surface area (Å²) in [5.74, 6) is 7.93. The largest absolute Gasteiger partial charge is 0.308 e. The summed E-state index contributed by atoms with van der Waals surface area (Å²) < 4.78 is 0. The van der Waals surface area contributed by atoms with Gasteiger partial charge in [-0.1, -0.05) is 19.1 Å². The Kier molecular flexibility index (Phi) is 4.39.